The molecular formula is C19H35ClN2O4. The third-order valence-electron chi connectivity index (χ3n) is 5.71. The minimum atomic E-state index is -0.0228. The summed E-state index contributed by atoms with van der Waals surface area (Å²) in [5.41, 5.74) is 0. The summed E-state index contributed by atoms with van der Waals surface area (Å²) < 4.78 is 17.2. The van der Waals surface area contributed by atoms with Crippen LogP contribution in [0.4, 0.5) is 0 Å². The second-order valence-electron chi connectivity index (χ2n) is 7.47. The topological polar surface area (TPSA) is 51.2 Å². The van der Waals surface area contributed by atoms with Crippen LogP contribution in [0, 0.1) is 5.92 Å². The van der Waals surface area contributed by atoms with Gasteiger partial charge < -0.3 is 14.2 Å². The Morgan fingerprint density at radius 2 is 1.73 bits per heavy atom. The molecule has 1 saturated carbocycles. The van der Waals surface area contributed by atoms with Crippen LogP contribution in [-0.2, 0) is 19.0 Å². The second-order valence-corrected chi connectivity index (χ2v) is 7.47. The highest BCUT2D eigenvalue weighted by Gasteiger charge is 2.32. The first kappa shape index (κ1) is 21.9. The highest BCUT2D eigenvalue weighted by atomic mass is 35.5. The molecule has 3 rings (SSSR count). The van der Waals surface area contributed by atoms with Crippen molar-refractivity contribution >= 4 is 18.4 Å². The molecule has 1 aliphatic carbocycles. The number of rotatable bonds is 7. The fourth-order valence-electron chi connectivity index (χ4n) is 4.20. The summed E-state index contributed by atoms with van der Waals surface area (Å²) in [4.78, 5) is 16.9. The van der Waals surface area contributed by atoms with Crippen molar-refractivity contribution in [2.24, 2.45) is 5.92 Å². The molecule has 7 heteroatoms. The van der Waals surface area contributed by atoms with Gasteiger partial charge in [-0.2, -0.15) is 0 Å². The first-order valence-corrected chi connectivity index (χ1v) is 10.1. The van der Waals surface area contributed by atoms with Gasteiger partial charge in [-0.05, 0) is 45.4 Å². The summed E-state index contributed by atoms with van der Waals surface area (Å²) in [5, 5.41) is 0. The summed E-state index contributed by atoms with van der Waals surface area (Å²) >= 11 is 0. The Bertz CT molecular complexity index is 406. The predicted octanol–water partition coefficient (Wildman–Crippen LogP) is 2.30. The molecule has 1 unspecified atom stereocenters. The van der Waals surface area contributed by atoms with Gasteiger partial charge in [0.05, 0.1) is 31.8 Å². The number of esters is 1. The van der Waals surface area contributed by atoms with E-state index >= 15 is 0 Å². The van der Waals surface area contributed by atoms with Crippen molar-refractivity contribution in [1.82, 2.24) is 9.80 Å². The van der Waals surface area contributed by atoms with Crippen LogP contribution >= 0.6 is 12.4 Å². The van der Waals surface area contributed by atoms with Gasteiger partial charge in [-0.25, -0.2) is 0 Å². The SMILES string of the molecule is CCOC(=O)C1CCC(OC(CN2CCOCC2)N2CCCC2)CC1.Cl. The molecule has 0 spiro atoms. The molecule has 0 aromatic carbocycles. The van der Waals surface area contributed by atoms with Crippen molar-refractivity contribution in [2.45, 2.75) is 57.8 Å². The van der Waals surface area contributed by atoms with Gasteiger partial charge in [0.25, 0.3) is 0 Å². The van der Waals surface area contributed by atoms with E-state index in [1.807, 2.05) is 6.92 Å². The lowest BCUT2D eigenvalue weighted by atomic mass is 9.87. The van der Waals surface area contributed by atoms with E-state index in [0.717, 1.165) is 71.6 Å². The van der Waals surface area contributed by atoms with Gasteiger partial charge in [0.1, 0.15) is 6.23 Å². The fraction of sp³-hybridized carbons (Fsp3) is 0.947. The van der Waals surface area contributed by atoms with E-state index in [1.165, 1.54) is 12.8 Å². The van der Waals surface area contributed by atoms with Crippen LogP contribution in [0.25, 0.3) is 0 Å². The molecule has 3 fully saturated rings. The molecule has 0 radical (unpaired) electrons. The summed E-state index contributed by atoms with van der Waals surface area (Å²) in [6.45, 7) is 9.29. The van der Waals surface area contributed by atoms with Gasteiger partial charge in [-0.1, -0.05) is 0 Å². The van der Waals surface area contributed by atoms with Crippen molar-refractivity contribution in [3.8, 4) is 0 Å². The molecule has 0 bridgehead atoms. The number of likely N-dealkylation sites (tertiary alicyclic amines) is 1. The molecular weight excluding hydrogens is 356 g/mol. The van der Waals surface area contributed by atoms with Crippen molar-refractivity contribution in [2.75, 3.05) is 52.5 Å². The van der Waals surface area contributed by atoms with Crippen LogP contribution in [0.1, 0.15) is 45.4 Å². The average Bonchev–Trinajstić information content (AvgIpc) is 3.17. The third kappa shape index (κ3) is 6.34. The lowest BCUT2D eigenvalue weighted by molar-refractivity contribution is -0.153. The molecule has 0 amide bonds. The maximum atomic E-state index is 11.9. The minimum absolute atomic E-state index is 0. The zero-order valence-electron chi connectivity index (χ0n) is 16.1. The Labute approximate surface area is 163 Å². The Balaban J connectivity index is 0.00000243. The molecule has 1 atom stereocenters. The zero-order valence-corrected chi connectivity index (χ0v) is 16.9. The number of carbonyl (C=O) groups is 1. The molecule has 0 aromatic heterocycles. The monoisotopic (exact) mass is 390 g/mol. The highest BCUT2D eigenvalue weighted by Crippen LogP contribution is 2.29. The van der Waals surface area contributed by atoms with Crippen molar-refractivity contribution in [3.05, 3.63) is 0 Å². The quantitative estimate of drug-likeness (QED) is 0.622. The normalized spacial score (nSPS) is 29.1. The summed E-state index contributed by atoms with van der Waals surface area (Å²) in [5.74, 6) is 0.0506. The molecule has 2 aliphatic heterocycles. The minimum Gasteiger partial charge on any atom is -0.466 e. The fourth-order valence-corrected chi connectivity index (χ4v) is 4.20. The molecule has 2 saturated heterocycles. The Hall–Kier alpha value is -0.400. The van der Waals surface area contributed by atoms with E-state index in [9.17, 15) is 4.79 Å². The molecule has 3 aliphatic rings. The van der Waals surface area contributed by atoms with Gasteiger partial charge in [0.15, 0.2) is 0 Å². The molecule has 6 nitrogen and oxygen atoms in total. The van der Waals surface area contributed by atoms with Crippen molar-refractivity contribution in [3.63, 3.8) is 0 Å². The Kier molecular flexibility index (Phi) is 9.64. The molecule has 0 N–H and O–H groups in total. The van der Waals surface area contributed by atoms with Crippen LogP contribution in [0.2, 0.25) is 0 Å². The van der Waals surface area contributed by atoms with E-state index in [4.69, 9.17) is 14.2 Å². The van der Waals surface area contributed by atoms with Crippen LogP contribution in [0.3, 0.4) is 0 Å². The Morgan fingerprint density at radius 3 is 2.35 bits per heavy atom. The number of ether oxygens (including phenoxy) is 3. The third-order valence-corrected chi connectivity index (χ3v) is 5.71. The van der Waals surface area contributed by atoms with E-state index < -0.39 is 0 Å². The first-order chi connectivity index (χ1) is 12.3. The molecule has 26 heavy (non-hydrogen) atoms. The van der Waals surface area contributed by atoms with Gasteiger partial charge in [-0.3, -0.25) is 14.6 Å². The largest absolute Gasteiger partial charge is 0.466 e. The molecule has 2 heterocycles. The number of nitrogens with zero attached hydrogens (tertiary/aromatic N) is 2. The lowest BCUT2D eigenvalue weighted by Gasteiger charge is -2.38. The smallest absolute Gasteiger partial charge is 0.308 e. The predicted molar refractivity (Wildman–Crippen MR) is 103 cm³/mol. The first-order valence-electron chi connectivity index (χ1n) is 10.1. The van der Waals surface area contributed by atoms with E-state index in [1.54, 1.807) is 0 Å². The van der Waals surface area contributed by atoms with Gasteiger partial charge in [-0.15, -0.1) is 12.4 Å². The second kappa shape index (κ2) is 11.4. The molecule has 152 valence electrons. The standard InChI is InChI=1S/C19H34N2O4.ClH/c1-2-24-19(22)16-5-7-17(8-6-16)25-18(21-9-3-4-10-21)15-20-11-13-23-14-12-20;/h16-18H,2-15H2,1H3;1H. The van der Waals surface area contributed by atoms with E-state index in [-0.39, 0.29) is 36.6 Å². The zero-order chi connectivity index (χ0) is 17.5. The number of hydrogen-bond acceptors (Lipinski definition) is 6. The van der Waals surface area contributed by atoms with Crippen molar-refractivity contribution < 1.29 is 19.0 Å². The summed E-state index contributed by atoms with van der Waals surface area (Å²) in [6.07, 6.45) is 6.74. The average molecular weight is 391 g/mol. The number of morpholine rings is 1. The van der Waals surface area contributed by atoms with Crippen LogP contribution < -0.4 is 0 Å². The van der Waals surface area contributed by atoms with Crippen LogP contribution in [-0.4, -0.2) is 80.6 Å². The molecule has 0 aromatic rings. The number of halogens is 1. The lowest BCUT2D eigenvalue weighted by Crippen LogP contribution is -2.49. The van der Waals surface area contributed by atoms with E-state index in [0.29, 0.717) is 6.61 Å². The number of carbonyl (C=O) groups excluding carboxylic acids is 1. The maximum Gasteiger partial charge on any atom is 0.308 e. The Morgan fingerprint density at radius 1 is 1.08 bits per heavy atom. The van der Waals surface area contributed by atoms with Gasteiger partial charge >= 0.3 is 5.97 Å². The highest BCUT2D eigenvalue weighted by molar-refractivity contribution is 5.85. The van der Waals surface area contributed by atoms with Gasteiger partial charge in [0, 0.05) is 32.7 Å². The number of hydrogen-bond donors (Lipinski definition) is 0. The summed E-state index contributed by atoms with van der Waals surface area (Å²) in [6, 6.07) is 0. The van der Waals surface area contributed by atoms with Crippen molar-refractivity contribution in [1.29, 1.82) is 0 Å². The summed E-state index contributed by atoms with van der Waals surface area (Å²) in [7, 11) is 0. The van der Waals surface area contributed by atoms with E-state index in [2.05, 4.69) is 9.80 Å². The van der Waals surface area contributed by atoms with Crippen LogP contribution in [0.15, 0.2) is 0 Å². The van der Waals surface area contributed by atoms with Crippen LogP contribution in [0.5, 0.6) is 0 Å². The maximum absolute atomic E-state index is 11.9. The van der Waals surface area contributed by atoms with Gasteiger partial charge in [0.2, 0.25) is 0 Å².